The van der Waals surface area contributed by atoms with Gasteiger partial charge in [-0.1, -0.05) is 33.8 Å². The van der Waals surface area contributed by atoms with Crippen molar-refractivity contribution in [2.45, 2.75) is 85.4 Å². The Labute approximate surface area is 200 Å². The molecular formula is C27H46N2O4. The molecule has 0 spiro atoms. The van der Waals surface area contributed by atoms with Gasteiger partial charge in [-0.15, -0.1) is 0 Å². The Balaban J connectivity index is 1.60. The number of rotatable bonds is 7. The van der Waals surface area contributed by atoms with Crippen LogP contribution in [0.5, 0.6) is 0 Å². The van der Waals surface area contributed by atoms with E-state index < -0.39 is 5.60 Å². The van der Waals surface area contributed by atoms with Gasteiger partial charge in [0.15, 0.2) is 0 Å². The van der Waals surface area contributed by atoms with E-state index in [0.29, 0.717) is 36.5 Å². The molecule has 0 unspecified atom stereocenters. The van der Waals surface area contributed by atoms with Crippen LogP contribution in [-0.2, 0) is 14.3 Å². The molecular weight excluding hydrogens is 416 g/mol. The number of esters is 1. The molecule has 3 aliphatic rings. The third-order valence-electron chi connectivity index (χ3n) is 8.53. The molecule has 0 radical (unpaired) electrons. The highest BCUT2D eigenvalue weighted by atomic mass is 16.5. The summed E-state index contributed by atoms with van der Waals surface area (Å²) in [6.45, 7) is 16.8. The zero-order valence-electron chi connectivity index (χ0n) is 21.7. The molecule has 0 bridgehead atoms. The van der Waals surface area contributed by atoms with Crippen LogP contribution in [0.25, 0.3) is 0 Å². The SMILES string of the molecule is CC(=O)O[C@@H]1C[C@@]2(O)[C@H](C)CC[C@@H]([C@H](C)CN3CCN(C(=O)CCC(C)C)CC3)[C@H]2C=C1C. The lowest BCUT2D eigenvalue weighted by Gasteiger charge is -2.53. The van der Waals surface area contributed by atoms with Gasteiger partial charge in [-0.3, -0.25) is 14.5 Å². The van der Waals surface area contributed by atoms with Crippen molar-refractivity contribution in [2.75, 3.05) is 32.7 Å². The maximum atomic E-state index is 12.5. The van der Waals surface area contributed by atoms with Crippen molar-refractivity contribution < 1.29 is 19.4 Å². The summed E-state index contributed by atoms with van der Waals surface area (Å²) in [6, 6.07) is 0. The van der Waals surface area contributed by atoms with Crippen LogP contribution < -0.4 is 0 Å². The molecule has 0 aromatic carbocycles. The highest BCUT2D eigenvalue weighted by molar-refractivity contribution is 5.76. The summed E-state index contributed by atoms with van der Waals surface area (Å²) in [5.74, 6) is 1.72. The molecule has 0 aromatic rings. The van der Waals surface area contributed by atoms with E-state index >= 15 is 0 Å². The third kappa shape index (κ3) is 6.19. The first-order chi connectivity index (χ1) is 15.5. The Hall–Kier alpha value is -1.40. The predicted octanol–water partition coefficient (Wildman–Crippen LogP) is 3.88. The maximum absolute atomic E-state index is 12.5. The van der Waals surface area contributed by atoms with Crippen LogP contribution in [0.3, 0.4) is 0 Å². The van der Waals surface area contributed by atoms with Crippen molar-refractivity contribution >= 4 is 11.9 Å². The van der Waals surface area contributed by atoms with Gasteiger partial charge in [0.05, 0.1) is 5.60 Å². The summed E-state index contributed by atoms with van der Waals surface area (Å²) in [5, 5.41) is 11.8. The molecule has 2 fully saturated rings. The van der Waals surface area contributed by atoms with Crippen molar-refractivity contribution in [1.82, 2.24) is 9.80 Å². The lowest BCUT2D eigenvalue weighted by atomic mass is 9.57. The first kappa shape index (κ1) is 26.2. The Morgan fingerprint density at radius 3 is 2.45 bits per heavy atom. The zero-order valence-corrected chi connectivity index (χ0v) is 21.7. The van der Waals surface area contributed by atoms with Crippen LogP contribution in [-0.4, -0.2) is 71.2 Å². The second kappa shape index (κ2) is 10.9. The van der Waals surface area contributed by atoms with Crippen molar-refractivity contribution in [1.29, 1.82) is 0 Å². The summed E-state index contributed by atoms with van der Waals surface area (Å²) >= 11 is 0. The summed E-state index contributed by atoms with van der Waals surface area (Å²) in [7, 11) is 0. The molecule has 1 saturated heterocycles. The van der Waals surface area contributed by atoms with E-state index in [9.17, 15) is 14.7 Å². The van der Waals surface area contributed by atoms with E-state index in [1.54, 1.807) is 0 Å². The van der Waals surface area contributed by atoms with Crippen LogP contribution >= 0.6 is 0 Å². The minimum atomic E-state index is -0.821. The number of carbonyl (C=O) groups is 2. The fraction of sp³-hybridized carbons (Fsp3) is 0.852. The monoisotopic (exact) mass is 462 g/mol. The number of hydrogen-bond acceptors (Lipinski definition) is 5. The fourth-order valence-corrected chi connectivity index (χ4v) is 6.29. The molecule has 6 nitrogen and oxygen atoms in total. The van der Waals surface area contributed by atoms with Gasteiger partial charge in [0.1, 0.15) is 6.10 Å². The van der Waals surface area contributed by atoms with Gasteiger partial charge < -0.3 is 14.7 Å². The Morgan fingerprint density at radius 1 is 1.18 bits per heavy atom. The van der Waals surface area contributed by atoms with E-state index in [0.717, 1.165) is 57.6 Å². The van der Waals surface area contributed by atoms with Crippen LogP contribution in [0.4, 0.5) is 0 Å². The summed E-state index contributed by atoms with van der Waals surface area (Å²) in [5.41, 5.74) is 0.248. The first-order valence-corrected chi connectivity index (χ1v) is 13.1. The molecule has 6 atom stereocenters. The van der Waals surface area contributed by atoms with Gasteiger partial charge in [-0.2, -0.15) is 0 Å². The first-order valence-electron chi connectivity index (χ1n) is 13.1. The molecule has 2 aliphatic carbocycles. The number of aliphatic hydroxyl groups is 1. The molecule has 1 N–H and O–H groups in total. The molecule has 1 heterocycles. The van der Waals surface area contributed by atoms with Crippen molar-refractivity contribution in [3.05, 3.63) is 11.6 Å². The number of ether oxygens (including phenoxy) is 1. The van der Waals surface area contributed by atoms with Crippen molar-refractivity contribution in [3.63, 3.8) is 0 Å². The quantitative estimate of drug-likeness (QED) is 0.459. The molecule has 33 heavy (non-hydrogen) atoms. The predicted molar refractivity (Wildman–Crippen MR) is 131 cm³/mol. The maximum Gasteiger partial charge on any atom is 0.303 e. The highest BCUT2D eigenvalue weighted by Gasteiger charge is 2.52. The highest BCUT2D eigenvalue weighted by Crippen LogP contribution is 2.51. The van der Waals surface area contributed by atoms with E-state index in [4.69, 9.17) is 4.74 Å². The number of hydrogen-bond donors (Lipinski definition) is 1. The van der Waals surface area contributed by atoms with Gasteiger partial charge >= 0.3 is 5.97 Å². The standard InChI is InChI=1S/C27H46N2O4/c1-18(2)7-10-26(31)29-13-11-28(12-14-29)17-20(4)23-9-8-21(5)27(32)16-25(33-22(6)30)19(3)15-24(23)27/h15,18,20-21,23-25,32H,7-14,16-17H2,1-6H3/t20-,21-,23+,24-,25-,27-/m1/s1. The number of nitrogens with zero attached hydrogens (tertiary/aromatic N) is 2. The van der Waals surface area contributed by atoms with Gasteiger partial charge in [-0.05, 0) is 55.4 Å². The number of fused-ring (bicyclic) bond motifs is 1. The lowest BCUT2D eigenvalue weighted by Crippen LogP contribution is -2.56. The van der Waals surface area contributed by atoms with E-state index in [1.165, 1.54) is 6.92 Å². The zero-order chi connectivity index (χ0) is 24.3. The van der Waals surface area contributed by atoms with E-state index in [-0.39, 0.29) is 23.9 Å². The van der Waals surface area contributed by atoms with Gasteiger partial charge in [-0.25, -0.2) is 0 Å². The summed E-state index contributed by atoms with van der Waals surface area (Å²) in [4.78, 5) is 28.6. The Morgan fingerprint density at radius 2 is 1.85 bits per heavy atom. The molecule has 1 aliphatic heterocycles. The van der Waals surface area contributed by atoms with Gasteiger partial charge in [0.25, 0.3) is 0 Å². The molecule has 6 heteroatoms. The topological polar surface area (TPSA) is 70.1 Å². The Kier molecular flexibility index (Phi) is 8.66. The number of amides is 1. The van der Waals surface area contributed by atoms with Gasteiger partial charge in [0, 0.05) is 58.4 Å². The normalized spacial score (nSPS) is 33.9. The second-order valence-corrected chi connectivity index (χ2v) is 11.5. The van der Waals surface area contributed by atoms with Crippen LogP contribution in [0, 0.1) is 29.6 Å². The van der Waals surface area contributed by atoms with Crippen LogP contribution in [0.1, 0.15) is 73.6 Å². The minimum Gasteiger partial charge on any atom is -0.458 e. The molecule has 1 amide bonds. The largest absolute Gasteiger partial charge is 0.458 e. The smallest absolute Gasteiger partial charge is 0.303 e. The van der Waals surface area contributed by atoms with Crippen LogP contribution in [0.2, 0.25) is 0 Å². The molecule has 0 aromatic heterocycles. The average Bonchev–Trinajstić information content (AvgIpc) is 2.74. The van der Waals surface area contributed by atoms with Gasteiger partial charge in [0.2, 0.25) is 5.91 Å². The number of carbonyl (C=O) groups excluding carboxylic acids is 2. The fourth-order valence-electron chi connectivity index (χ4n) is 6.29. The van der Waals surface area contributed by atoms with E-state index in [1.807, 2.05) is 11.8 Å². The summed E-state index contributed by atoms with van der Waals surface area (Å²) in [6.07, 6.45) is 6.13. The van der Waals surface area contributed by atoms with Crippen molar-refractivity contribution in [3.8, 4) is 0 Å². The van der Waals surface area contributed by atoms with Crippen molar-refractivity contribution in [2.24, 2.45) is 29.6 Å². The lowest BCUT2D eigenvalue weighted by molar-refractivity contribution is -0.159. The second-order valence-electron chi connectivity index (χ2n) is 11.5. The summed E-state index contributed by atoms with van der Waals surface area (Å²) < 4.78 is 5.54. The number of piperazine rings is 1. The molecule has 1 saturated carbocycles. The molecule has 188 valence electrons. The average molecular weight is 463 g/mol. The third-order valence-corrected chi connectivity index (χ3v) is 8.53. The Bertz CT molecular complexity index is 728. The van der Waals surface area contributed by atoms with Crippen LogP contribution in [0.15, 0.2) is 11.6 Å². The minimum absolute atomic E-state index is 0.0990. The van der Waals surface area contributed by atoms with E-state index in [2.05, 4.69) is 38.7 Å². The molecule has 3 rings (SSSR count).